The van der Waals surface area contributed by atoms with Crippen molar-refractivity contribution >= 4 is 56.6 Å². The van der Waals surface area contributed by atoms with Crippen LogP contribution in [0.25, 0.3) is 22.3 Å². The van der Waals surface area contributed by atoms with Gasteiger partial charge in [0, 0.05) is 19.3 Å². The second kappa shape index (κ2) is 16.3. The number of hydrogen-bond donors (Lipinski definition) is 9. The molecule has 0 bridgehead atoms. The number of aromatic amines is 2. The number of ether oxygens (including phenoxy) is 3. The Labute approximate surface area is 328 Å². The Morgan fingerprint density at radius 2 is 1.36 bits per heavy atom. The number of nitrogens with zero attached hydrogens (tertiary/aromatic N) is 9. The Bertz CT molecular complexity index is 2570. The highest BCUT2D eigenvalue weighted by Crippen LogP contribution is 2.50. The number of anilines is 3. The van der Waals surface area contributed by atoms with Crippen LogP contribution < -0.4 is 34.0 Å². The van der Waals surface area contributed by atoms with Gasteiger partial charge in [0.05, 0.1) is 44.7 Å². The fraction of sp³-hybridized carbons (Fsp3) is 0.536. The summed E-state index contributed by atoms with van der Waals surface area (Å²) >= 11 is 0. The number of nitrogen functional groups attached to an aromatic ring is 3. The Hall–Kier alpha value is -4.87. The minimum absolute atomic E-state index is 0.000852. The number of nitrogens with one attached hydrogen (secondary N) is 2. The molecule has 5 aromatic heterocycles. The van der Waals surface area contributed by atoms with Gasteiger partial charge in [-0.25, -0.2) is 24.3 Å². The summed E-state index contributed by atoms with van der Waals surface area (Å²) in [6.45, 7) is -1.70. The van der Waals surface area contributed by atoms with Crippen molar-refractivity contribution in [1.29, 1.82) is 0 Å². The van der Waals surface area contributed by atoms with Crippen molar-refractivity contribution < 1.29 is 56.9 Å². The second-order valence-electron chi connectivity index (χ2n) is 13.4. The minimum Gasteiger partial charge on any atom is -0.394 e. The molecule has 29 nitrogen and oxygen atoms in total. The predicted molar refractivity (Wildman–Crippen MR) is 195 cm³/mol. The van der Waals surface area contributed by atoms with Gasteiger partial charge in [-0.3, -0.25) is 42.3 Å². The molecule has 2 unspecified atom stereocenters. The number of nitrogens with two attached hydrogens (primary N) is 3. The zero-order valence-corrected chi connectivity index (χ0v) is 31.9. The summed E-state index contributed by atoms with van der Waals surface area (Å²) in [7, 11) is -7.74. The fourth-order valence-electron chi connectivity index (χ4n) is 6.83. The van der Waals surface area contributed by atoms with E-state index in [1.54, 1.807) is 0 Å². The maximum Gasteiger partial charge on any atom is 0.472 e. The van der Waals surface area contributed by atoms with Crippen molar-refractivity contribution in [2.75, 3.05) is 37.0 Å². The molecular formula is C28H36N14O15P2. The van der Waals surface area contributed by atoms with Gasteiger partial charge in [-0.2, -0.15) is 15.0 Å². The van der Waals surface area contributed by atoms with Gasteiger partial charge in [-0.05, 0) is 0 Å². The monoisotopic (exact) mass is 870 g/mol. The number of imidazole rings is 2. The molecule has 59 heavy (non-hydrogen) atoms. The lowest BCUT2D eigenvalue weighted by molar-refractivity contribution is -0.0579. The van der Waals surface area contributed by atoms with Crippen LogP contribution in [-0.2, 0) is 36.9 Å². The van der Waals surface area contributed by atoms with E-state index < -0.39 is 108 Å². The molecule has 12 N–H and O–H groups in total. The molecular weight excluding hydrogens is 834 g/mol. The van der Waals surface area contributed by atoms with Crippen LogP contribution in [0.2, 0.25) is 0 Å². The van der Waals surface area contributed by atoms with Crippen LogP contribution in [0.15, 0.2) is 33.4 Å². The number of rotatable bonds is 14. The molecule has 3 aliphatic rings. The Balaban J connectivity index is 0.912. The quantitative estimate of drug-likeness (QED) is 0.0502. The molecule has 8 rings (SSSR count). The van der Waals surface area contributed by atoms with E-state index >= 15 is 0 Å². The SMILES string of the molecule is Nc1ncn([C@H]2C[C@@H](OP(=O)(O)OC[C@H]3O[C@@H](n4cnc5c(=O)[nH]c(N)nc54)C[C@H]3O)[C@@H](COP(O)O[C@@H]3C[C@H](n4cnc5c(=O)[nH]c(N)nc54)O[C@@H]3CO)O2)c(=O)n1. The molecule has 3 aliphatic heterocycles. The van der Waals surface area contributed by atoms with Crippen LogP contribution in [0.5, 0.6) is 0 Å². The maximum atomic E-state index is 13.3. The summed E-state index contributed by atoms with van der Waals surface area (Å²) in [5.41, 5.74) is 15.1. The standard InChI is InChI=1S/C28H36N14O15P2/c29-25-34-9-42(28(47)39-25)18-3-12(57-59(49,50)52-6-14-10(44)1-16(54-14)40-7-32-19-21(40)35-26(30)37-23(19)45)15(55-18)5-51-58(48)56-11-2-17(53-13(11)4-43)41-8-33-20-22(41)36-27(31)38-24(20)46/h7-18,43-44,48H,1-6H2,(H,49,50)(H2,29,39,47)(H3,30,35,37,45)(H3,31,36,38,46)/t10-,11-,12-,13-,14-,15-,16-,17-,18-,58?/m1/s1. The zero-order chi connectivity index (χ0) is 41.7. The smallest absolute Gasteiger partial charge is 0.394 e. The first kappa shape index (κ1) is 40.9. The average Bonchev–Trinajstić information content (AvgIpc) is 4.00. The van der Waals surface area contributed by atoms with E-state index in [2.05, 4.69) is 39.9 Å². The van der Waals surface area contributed by atoms with Crippen molar-refractivity contribution in [2.45, 2.75) is 74.6 Å². The van der Waals surface area contributed by atoms with E-state index in [0.717, 1.165) is 10.9 Å². The molecule has 5 aromatic rings. The van der Waals surface area contributed by atoms with E-state index in [1.165, 1.54) is 21.8 Å². The van der Waals surface area contributed by atoms with Gasteiger partial charge in [0.25, 0.3) is 11.1 Å². The van der Waals surface area contributed by atoms with Gasteiger partial charge < -0.3 is 60.5 Å². The van der Waals surface area contributed by atoms with E-state index in [4.69, 9.17) is 49.5 Å². The van der Waals surface area contributed by atoms with E-state index in [-0.39, 0.29) is 59.4 Å². The predicted octanol–water partition coefficient (Wildman–Crippen LogP) is -3.01. The number of aliphatic hydroxyl groups excluding tert-OH is 2. The molecule has 8 heterocycles. The molecule has 31 heteroatoms. The van der Waals surface area contributed by atoms with Crippen molar-refractivity contribution in [3.63, 3.8) is 0 Å². The molecule has 0 saturated carbocycles. The van der Waals surface area contributed by atoms with Crippen LogP contribution in [0.1, 0.15) is 37.9 Å². The molecule has 11 atom stereocenters. The largest absolute Gasteiger partial charge is 0.472 e. The lowest BCUT2D eigenvalue weighted by Crippen LogP contribution is -2.30. The molecule has 3 fully saturated rings. The average molecular weight is 871 g/mol. The molecule has 0 amide bonds. The highest BCUT2D eigenvalue weighted by molar-refractivity contribution is 7.47. The number of phosphoric ester groups is 1. The van der Waals surface area contributed by atoms with Gasteiger partial charge in [0.15, 0.2) is 22.3 Å². The molecule has 3 saturated heterocycles. The molecule has 0 aromatic carbocycles. The fourth-order valence-corrected chi connectivity index (χ4v) is 8.58. The normalized spacial score (nSPS) is 28.8. The van der Waals surface area contributed by atoms with Gasteiger partial charge >= 0.3 is 22.1 Å². The Kier molecular flexibility index (Phi) is 11.3. The van der Waals surface area contributed by atoms with Crippen molar-refractivity contribution in [3.8, 4) is 0 Å². The number of fused-ring (bicyclic) bond motifs is 2. The zero-order valence-electron chi connectivity index (χ0n) is 30.1. The van der Waals surface area contributed by atoms with Gasteiger partial charge in [0.1, 0.15) is 49.4 Å². The highest BCUT2D eigenvalue weighted by atomic mass is 31.2. The van der Waals surface area contributed by atoms with Crippen molar-refractivity contribution in [3.05, 3.63) is 50.2 Å². The lowest BCUT2D eigenvalue weighted by atomic mass is 10.2. The minimum atomic E-state index is -5.00. The van der Waals surface area contributed by atoms with Crippen LogP contribution in [0.3, 0.4) is 0 Å². The van der Waals surface area contributed by atoms with Gasteiger partial charge in [-0.1, -0.05) is 0 Å². The van der Waals surface area contributed by atoms with E-state index in [9.17, 15) is 38.9 Å². The van der Waals surface area contributed by atoms with Crippen molar-refractivity contribution in [1.82, 2.24) is 53.6 Å². The first-order valence-corrected chi connectivity index (χ1v) is 20.1. The van der Waals surface area contributed by atoms with Crippen LogP contribution in [-0.4, -0.2) is 130 Å². The van der Waals surface area contributed by atoms with E-state index in [0.29, 0.717) is 0 Å². The molecule has 0 spiro atoms. The third-order valence-corrected chi connectivity index (χ3v) is 11.4. The van der Waals surface area contributed by atoms with Gasteiger partial charge in [0.2, 0.25) is 17.8 Å². The van der Waals surface area contributed by atoms with Gasteiger partial charge in [-0.15, -0.1) is 0 Å². The summed E-state index contributed by atoms with van der Waals surface area (Å²) < 4.78 is 56.7. The number of phosphoric acid groups is 1. The lowest BCUT2D eigenvalue weighted by Gasteiger charge is -2.24. The topological polar surface area (TPSA) is 416 Å². The first-order chi connectivity index (χ1) is 28.2. The second-order valence-corrected chi connectivity index (χ2v) is 15.7. The van der Waals surface area contributed by atoms with E-state index in [1.807, 2.05) is 0 Å². The van der Waals surface area contributed by atoms with Crippen molar-refractivity contribution in [2.24, 2.45) is 0 Å². The molecule has 0 aliphatic carbocycles. The third kappa shape index (κ3) is 8.46. The first-order valence-electron chi connectivity index (χ1n) is 17.5. The Morgan fingerprint density at radius 3 is 1.98 bits per heavy atom. The highest BCUT2D eigenvalue weighted by Gasteiger charge is 2.45. The number of hydrogen-bond acceptors (Lipinski definition) is 23. The summed E-state index contributed by atoms with van der Waals surface area (Å²) in [5.74, 6) is -0.632. The van der Waals surface area contributed by atoms with Crippen LogP contribution in [0, 0.1) is 0 Å². The number of H-pyrrole nitrogens is 2. The molecule has 0 radical (unpaired) electrons. The summed E-state index contributed by atoms with van der Waals surface area (Å²) in [5, 5.41) is 20.7. The summed E-state index contributed by atoms with van der Waals surface area (Å²) in [4.78, 5) is 87.0. The molecule has 318 valence electrons. The Morgan fingerprint density at radius 1 is 0.797 bits per heavy atom. The third-order valence-electron chi connectivity index (χ3n) is 9.57. The van der Waals surface area contributed by atoms with Crippen LogP contribution in [0.4, 0.5) is 17.8 Å². The van der Waals surface area contributed by atoms with Crippen LogP contribution >= 0.6 is 16.4 Å². The summed E-state index contributed by atoms with van der Waals surface area (Å²) in [6, 6.07) is 0. The number of aliphatic hydroxyl groups is 2. The number of aromatic nitrogens is 11. The maximum absolute atomic E-state index is 13.3. The summed E-state index contributed by atoms with van der Waals surface area (Å²) in [6.07, 6.45) is -6.38.